The maximum Gasteiger partial charge on any atom is 0.151 e. The second kappa shape index (κ2) is 5.19. The summed E-state index contributed by atoms with van der Waals surface area (Å²) >= 11 is 0. The quantitative estimate of drug-likeness (QED) is 0.782. The summed E-state index contributed by atoms with van der Waals surface area (Å²) < 4.78 is 0. The molecule has 0 radical (unpaired) electrons. The Balaban J connectivity index is 2.68. The van der Waals surface area contributed by atoms with Crippen molar-refractivity contribution >= 4 is 5.82 Å². The van der Waals surface area contributed by atoms with Gasteiger partial charge in [-0.05, 0) is 26.2 Å². The molecular weight excluding hydrogens is 186 g/mol. The molecule has 0 aliphatic rings. The van der Waals surface area contributed by atoms with Crippen molar-refractivity contribution in [3.8, 4) is 0 Å². The molecule has 3 heteroatoms. The third-order valence-electron chi connectivity index (χ3n) is 3.33. The van der Waals surface area contributed by atoms with Gasteiger partial charge in [-0.15, -0.1) is 0 Å². The molecule has 2 unspecified atom stereocenters. The summed E-state index contributed by atoms with van der Waals surface area (Å²) in [5, 5.41) is 10.9. The molecule has 0 aliphatic heterocycles. The van der Waals surface area contributed by atoms with Crippen LogP contribution >= 0.6 is 0 Å². The van der Waals surface area contributed by atoms with Gasteiger partial charge in [-0.2, -0.15) is 5.10 Å². The van der Waals surface area contributed by atoms with Crippen LogP contribution in [0.25, 0.3) is 0 Å². The van der Waals surface area contributed by atoms with E-state index in [2.05, 4.69) is 50.1 Å². The smallest absolute Gasteiger partial charge is 0.151 e. The number of H-pyrrole nitrogens is 1. The highest BCUT2D eigenvalue weighted by atomic mass is 15.2. The van der Waals surface area contributed by atoms with Crippen molar-refractivity contribution in [1.82, 2.24) is 10.2 Å². The predicted molar refractivity (Wildman–Crippen MR) is 65.2 cm³/mol. The number of nitrogens with one attached hydrogen (secondary N) is 2. The first-order valence-corrected chi connectivity index (χ1v) is 5.90. The summed E-state index contributed by atoms with van der Waals surface area (Å²) in [7, 11) is 0. The molecular formula is C12H23N3. The maximum atomic E-state index is 4.31. The average molecular weight is 209 g/mol. The molecule has 0 fully saturated rings. The van der Waals surface area contributed by atoms with E-state index in [1.165, 1.54) is 17.7 Å². The molecule has 1 aromatic rings. The monoisotopic (exact) mass is 209 g/mol. The van der Waals surface area contributed by atoms with Gasteiger partial charge in [0.25, 0.3) is 0 Å². The van der Waals surface area contributed by atoms with Crippen molar-refractivity contribution in [2.45, 2.75) is 53.5 Å². The number of hydrogen-bond acceptors (Lipinski definition) is 2. The normalized spacial score (nSPS) is 15.0. The summed E-state index contributed by atoms with van der Waals surface area (Å²) in [5.41, 5.74) is 2.49. The largest absolute Gasteiger partial charge is 0.366 e. The Labute approximate surface area is 92.7 Å². The second-order valence-electron chi connectivity index (χ2n) is 4.35. The molecule has 0 saturated carbocycles. The van der Waals surface area contributed by atoms with E-state index in [0.29, 0.717) is 12.0 Å². The van der Waals surface area contributed by atoms with Gasteiger partial charge in [0.05, 0.1) is 0 Å². The Bertz CT molecular complexity index is 304. The third kappa shape index (κ3) is 2.74. The van der Waals surface area contributed by atoms with Crippen LogP contribution in [0.1, 0.15) is 45.4 Å². The highest BCUT2D eigenvalue weighted by Crippen LogP contribution is 2.19. The molecule has 2 N–H and O–H groups in total. The topological polar surface area (TPSA) is 40.7 Å². The Kier molecular flexibility index (Phi) is 4.18. The van der Waals surface area contributed by atoms with E-state index < -0.39 is 0 Å². The van der Waals surface area contributed by atoms with E-state index >= 15 is 0 Å². The SMILES string of the molecule is CCc1[nH]nc(NC(C)C(C)CC)c1C. The lowest BCUT2D eigenvalue weighted by Crippen LogP contribution is -2.23. The zero-order chi connectivity index (χ0) is 11.4. The molecule has 0 saturated heterocycles. The van der Waals surface area contributed by atoms with Crippen molar-refractivity contribution in [3.05, 3.63) is 11.3 Å². The highest BCUT2D eigenvalue weighted by molar-refractivity contribution is 5.46. The van der Waals surface area contributed by atoms with E-state index in [9.17, 15) is 0 Å². The highest BCUT2D eigenvalue weighted by Gasteiger charge is 2.13. The molecule has 0 spiro atoms. The first kappa shape index (κ1) is 12.1. The number of nitrogens with zero attached hydrogens (tertiary/aromatic N) is 1. The lowest BCUT2D eigenvalue weighted by Gasteiger charge is -2.19. The fourth-order valence-electron chi connectivity index (χ4n) is 1.63. The Morgan fingerprint density at radius 3 is 2.47 bits per heavy atom. The first-order valence-electron chi connectivity index (χ1n) is 5.90. The number of hydrogen-bond donors (Lipinski definition) is 2. The number of rotatable bonds is 5. The van der Waals surface area contributed by atoms with Gasteiger partial charge in [0, 0.05) is 17.3 Å². The minimum atomic E-state index is 0.474. The molecule has 15 heavy (non-hydrogen) atoms. The molecule has 86 valence electrons. The minimum absolute atomic E-state index is 0.474. The van der Waals surface area contributed by atoms with Crippen LogP contribution in [0.5, 0.6) is 0 Å². The van der Waals surface area contributed by atoms with Gasteiger partial charge in [-0.25, -0.2) is 0 Å². The van der Waals surface area contributed by atoms with Crippen LogP contribution < -0.4 is 5.32 Å². The van der Waals surface area contributed by atoms with Gasteiger partial charge in [-0.3, -0.25) is 5.10 Å². The summed E-state index contributed by atoms with van der Waals surface area (Å²) in [6.07, 6.45) is 2.20. The number of aromatic amines is 1. The molecule has 1 aromatic heterocycles. The average Bonchev–Trinajstić information content (AvgIpc) is 2.58. The van der Waals surface area contributed by atoms with Gasteiger partial charge in [0.1, 0.15) is 0 Å². The molecule has 0 amide bonds. The third-order valence-corrected chi connectivity index (χ3v) is 3.33. The lowest BCUT2D eigenvalue weighted by atomic mass is 10.0. The molecule has 0 aliphatic carbocycles. The zero-order valence-corrected chi connectivity index (χ0v) is 10.5. The van der Waals surface area contributed by atoms with Gasteiger partial charge >= 0.3 is 0 Å². The fraction of sp³-hybridized carbons (Fsp3) is 0.750. The lowest BCUT2D eigenvalue weighted by molar-refractivity contribution is 0.493. The molecule has 2 atom stereocenters. The van der Waals surface area contributed by atoms with Crippen molar-refractivity contribution in [1.29, 1.82) is 0 Å². The maximum absolute atomic E-state index is 4.31. The van der Waals surface area contributed by atoms with E-state index in [4.69, 9.17) is 0 Å². The van der Waals surface area contributed by atoms with Crippen molar-refractivity contribution in [2.75, 3.05) is 5.32 Å². The number of anilines is 1. The Hall–Kier alpha value is -0.990. The van der Waals surface area contributed by atoms with Crippen molar-refractivity contribution in [3.63, 3.8) is 0 Å². The van der Waals surface area contributed by atoms with E-state index in [1.54, 1.807) is 0 Å². The number of aryl methyl sites for hydroxylation is 1. The van der Waals surface area contributed by atoms with Crippen LogP contribution in [-0.2, 0) is 6.42 Å². The summed E-state index contributed by atoms with van der Waals surface area (Å²) in [5.74, 6) is 1.69. The van der Waals surface area contributed by atoms with Crippen LogP contribution in [0.2, 0.25) is 0 Å². The summed E-state index contributed by atoms with van der Waals surface area (Å²) in [4.78, 5) is 0. The Morgan fingerprint density at radius 1 is 1.33 bits per heavy atom. The van der Waals surface area contributed by atoms with Crippen molar-refractivity contribution < 1.29 is 0 Å². The van der Waals surface area contributed by atoms with Gasteiger partial charge in [0.2, 0.25) is 0 Å². The van der Waals surface area contributed by atoms with Gasteiger partial charge in [0.15, 0.2) is 5.82 Å². The summed E-state index contributed by atoms with van der Waals surface area (Å²) in [6.45, 7) is 11.0. The van der Waals surface area contributed by atoms with Gasteiger partial charge in [-0.1, -0.05) is 27.2 Å². The minimum Gasteiger partial charge on any atom is -0.366 e. The first-order chi connectivity index (χ1) is 7.10. The fourth-order valence-corrected chi connectivity index (χ4v) is 1.63. The molecule has 0 aromatic carbocycles. The van der Waals surface area contributed by atoms with Gasteiger partial charge < -0.3 is 5.32 Å². The molecule has 1 rings (SSSR count). The standard InChI is InChI=1S/C12H23N3/c1-6-8(3)10(5)13-12-9(4)11(7-2)14-15-12/h8,10H,6-7H2,1-5H3,(H2,13,14,15). The Morgan fingerprint density at radius 2 is 2.00 bits per heavy atom. The van der Waals surface area contributed by atoms with Crippen LogP contribution in [0, 0.1) is 12.8 Å². The van der Waals surface area contributed by atoms with E-state index in [1.807, 2.05) is 0 Å². The summed E-state index contributed by atoms with van der Waals surface area (Å²) in [6, 6.07) is 0.474. The van der Waals surface area contributed by atoms with Crippen LogP contribution in [0.4, 0.5) is 5.82 Å². The van der Waals surface area contributed by atoms with E-state index in [-0.39, 0.29) is 0 Å². The van der Waals surface area contributed by atoms with Crippen LogP contribution in [0.3, 0.4) is 0 Å². The second-order valence-corrected chi connectivity index (χ2v) is 4.35. The number of aromatic nitrogens is 2. The van der Waals surface area contributed by atoms with E-state index in [0.717, 1.165) is 12.2 Å². The van der Waals surface area contributed by atoms with Crippen LogP contribution in [0.15, 0.2) is 0 Å². The molecule has 1 heterocycles. The predicted octanol–water partition coefficient (Wildman–Crippen LogP) is 3.13. The molecule has 0 bridgehead atoms. The molecule has 3 nitrogen and oxygen atoms in total. The zero-order valence-electron chi connectivity index (χ0n) is 10.5. The van der Waals surface area contributed by atoms with Crippen molar-refractivity contribution in [2.24, 2.45) is 5.92 Å². The van der Waals surface area contributed by atoms with Crippen LogP contribution in [-0.4, -0.2) is 16.2 Å².